The van der Waals surface area contributed by atoms with Gasteiger partial charge in [0.05, 0.1) is 0 Å². The Morgan fingerprint density at radius 1 is 1.12 bits per heavy atom. The first-order valence-electron chi connectivity index (χ1n) is 8.09. The molecule has 2 aromatic rings. The number of rotatable bonds is 5. The molecular weight excluding hydrogens is 322 g/mol. The van der Waals surface area contributed by atoms with E-state index in [0.717, 1.165) is 6.42 Å². The number of esters is 1. The van der Waals surface area contributed by atoms with Gasteiger partial charge in [-0.2, -0.15) is 0 Å². The lowest BCUT2D eigenvalue weighted by atomic mass is 10.1. The fraction of sp³-hybridized carbons (Fsp3) is 0.263. The molecule has 1 aliphatic rings. The van der Waals surface area contributed by atoms with E-state index in [1.54, 1.807) is 18.2 Å². The predicted molar refractivity (Wildman–Crippen MR) is 91.8 cm³/mol. The Kier molecular flexibility index (Phi) is 5.18. The second kappa shape index (κ2) is 7.70. The number of amides is 1. The normalized spacial score (nSPS) is 15.3. The van der Waals surface area contributed by atoms with Crippen LogP contribution in [0, 0.1) is 0 Å². The Morgan fingerprint density at radius 3 is 2.56 bits per heavy atom. The summed E-state index contributed by atoms with van der Waals surface area (Å²) in [5.74, 6) is 0.0247. The first kappa shape index (κ1) is 16.8. The zero-order valence-corrected chi connectivity index (χ0v) is 13.9. The average molecular weight is 341 g/mol. The quantitative estimate of drug-likeness (QED) is 0.846. The molecule has 0 bridgehead atoms. The van der Waals surface area contributed by atoms with Crippen molar-refractivity contribution in [2.24, 2.45) is 0 Å². The topological polar surface area (TPSA) is 73.9 Å². The minimum absolute atomic E-state index is 0.0515. The molecule has 1 heterocycles. The SMILES string of the molecule is CCc1ccc(NC(=O)COC(=O)[C@H]2COc3ccccc3O2)cc1. The van der Waals surface area contributed by atoms with E-state index in [1.807, 2.05) is 30.3 Å². The number of para-hydroxylation sites is 2. The van der Waals surface area contributed by atoms with Crippen LogP contribution >= 0.6 is 0 Å². The van der Waals surface area contributed by atoms with Gasteiger partial charge >= 0.3 is 5.97 Å². The van der Waals surface area contributed by atoms with E-state index < -0.39 is 18.0 Å². The van der Waals surface area contributed by atoms with Crippen LogP contribution in [0.3, 0.4) is 0 Å². The van der Waals surface area contributed by atoms with Crippen molar-refractivity contribution in [2.45, 2.75) is 19.4 Å². The number of ether oxygens (including phenoxy) is 3. The summed E-state index contributed by atoms with van der Waals surface area (Å²) in [4.78, 5) is 23.9. The van der Waals surface area contributed by atoms with Crippen molar-refractivity contribution in [3.8, 4) is 11.5 Å². The van der Waals surface area contributed by atoms with Crippen LogP contribution < -0.4 is 14.8 Å². The number of anilines is 1. The van der Waals surface area contributed by atoms with Gasteiger partial charge in [0.25, 0.3) is 5.91 Å². The zero-order valence-electron chi connectivity index (χ0n) is 13.9. The molecule has 0 aromatic heterocycles. The highest BCUT2D eigenvalue weighted by atomic mass is 16.6. The summed E-state index contributed by atoms with van der Waals surface area (Å²) >= 11 is 0. The molecule has 1 atom stereocenters. The van der Waals surface area contributed by atoms with Crippen LogP contribution in [0.15, 0.2) is 48.5 Å². The van der Waals surface area contributed by atoms with Gasteiger partial charge < -0.3 is 19.5 Å². The van der Waals surface area contributed by atoms with Crippen LogP contribution in [-0.2, 0) is 20.7 Å². The highest BCUT2D eigenvalue weighted by Gasteiger charge is 2.29. The first-order chi connectivity index (χ1) is 12.2. The minimum Gasteiger partial charge on any atom is -0.485 e. The molecule has 130 valence electrons. The van der Waals surface area contributed by atoms with Crippen molar-refractivity contribution < 1.29 is 23.8 Å². The molecule has 0 radical (unpaired) electrons. The van der Waals surface area contributed by atoms with Crippen molar-refractivity contribution in [3.05, 3.63) is 54.1 Å². The second-order valence-electron chi connectivity index (χ2n) is 5.57. The standard InChI is InChI=1S/C19H19NO5/c1-2-13-7-9-14(10-8-13)20-18(21)12-24-19(22)17-11-23-15-5-3-4-6-16(15)25-17/h3-10,17H,2,11-12H2,1H3,(H,20,21)/t17-/m1/s1. The number of aryl methyl sites for hydroxylation is 1. The lowest BCUT2D eigenvalue weighted by molar-refractivity contribution is -0.156. The summed E-state index contributed by atoms with van der Waals surface area (Å²) in [5.41, 5.74) is 1.84. The van der Waals surface area contributed by atoms with Crippen LogP contribution in [-0.4, -0.2) is 31.2 Å². The lowest BCUT2D eigenvalue weighted by Crippen LogP contribution is -2.39. The van der Waals surface area contributed by atoms with Crippen molar-refractivity contribution in [3.63, 3.8) is 0 Å². The van der Waals surface area contributed by atoms with Gasteiger partial charge in [0.2, 0.25) is 6.10 Å². The molecule has 0 unspecified atom stereocenters. The molecule has 1 amide bonds. The van der Waals surface area contributed by atoms with Crippen molar-refractivity contribution in [1.82, 2.24) is 0 Å². The van der Waals surface area contributed by atoms with Gasteiger partial charge in [-0.15, -0.1) is 0 Å². The molecule has 1 N–H and O–H groups in total. The van der Waals surface area contributed by atoms with Crippen LogP contribution in [0.2, 0.25) is 0 Å². The monoisotopic (exact) mass is 341 g/mol. The van der Waals surface area contributed by atoms with Gasteiger partial charge in [0.1, 0.15) is 6.61 Å². The molecule has 2 aromatic carbocycles. The summed E-state index contributed by atoms with van der Waals surface area (Å²) in [7, 11) is 0. The largest absolute Gasteiger partial charge is 0.485 e. The van der Waals surface area contributed by atoms with E-state index in [4.69, 9.17) is 14.2 Å². The first-order valence-corrected chi connectivity index (χ1v) is 8.09. The molecule has 1 aliphatic heterocycles. The zero-order chi connectivity index (χ0) is 17.6. The van der Waals surface area contributed by atoms with Gasteiger partial charge in [-0.25, -0.2) is 4.79 Å². The third kappa shape index (κ3) is 4.29. The lowest BCUT2D eigenvalue weighted by Gasteiger charge is -2.24. The van der Waals surface area contributed by atoms with Crippen molar-refractivity contribution in [2.75, 3.05) is 18.5 Å². The van der Waals surface area contributed by atoms with Gasteiger partial charge in [-0.1, -0.05) is 31.2 Å². The van der Waals surface area contributed by atoms with E-state index >= 15 is 0 Å². The fourth-order valence-electron chi connectivity index (χ4n) is 2.39. The third-order valence-electron chi connectivity index (χ3n) is 3.76. The van der Waals surface area contributed by atoms with Gasteiger partial charge in [0, 0.05) is 5.69 Å². The molecule has 0 saturated heterocycles. The molecule has 25 heavy (non-hydrogen) atoms. The fourth-order valence-corrected chi connectivity index (χ4v) is 2.39. The number of hydrogen-bond acceptors (Lipinski definition) is 5. The second-order valence-corrected chi connectivity index (χ2v) is 5.57. The molecule has 6 nitrogen and oxygen atoms in total. The smallest absolute Gasteiger partial charge is 0.351 e. The van der Waals surface area contributed by atoms with Gasteiger partial charge in [0.15, 0.2) is 18.1 Å². The van der Waals surface area contributed by atoms with E-state index in [0.29, 0.717) is 17.2 Å². The van der Waals surface area contributed by atoms with Crippen LogP contribution in [0.25, 0.3) is 0 Å². The predicted octanol–water partition coefficient (Wildman–Crippen LogP) is 2.57. The maximum atomic E-state index is 12.0. The van der Waals surface area contributed by atoms with E-state index in [-0.39, 0.29) is 13.2 Å². The van der Waals surface area contributed by atoms with Crippen molar-refractivity contribution in [1.29, 1.82) is 0 Å². The number of benzene rings is 2. The number of hydrogen-bond donors (Lipinski definition) is 1. The van der Waals surface area contributed by atoms with Crippen molar-refractivity contribution >= 4 is 17.6 Å². The van der Waals surface area contributed by atoms with Gasteiger partial charge in [-0.05, 0) is 36.2 Å². The summed E-state index contributed by atoms with van der Waals surface area (Å²) in [6, 6.07) is 14.6. The summed E-state index contributed by atoms with van der Waals surface area (Å²) in [5, 5.41) is 2.68. The number of carbonyl (C=O) groups is 2. The molecule has 0 fully saturated rings. The Labute approximate surface area is 145 Å². The van der Waals surface area contributed by atoms with Gasteiger partial charge in [-0.3, -0.25) is 4.79 Å². The number of nitrogens with one attached hydrogen (secondary N) is 1. The van der Waals surface area contributed by atoms with E-state index in [1.165, 1.54) is 5.56 Å². The molecule has 0 saturated carbocycles. The summed E-state index contributed by atoms with van der Waals surface area (Å²) in [6.07, 6.45) is 0.0462. The highest BCUT2D eigenvalue weighted by molar-refractivity contribution is 5.93. The Bertz CT molecular complexity index is 757. The van der Waals surface area contributed by atoms with E-state index in [9.17, 15) is 9.59 Å². The highest BCUT2D eigenvalue weighted by Crippen LogP contribution is 2.31. The van der Waals surface area contributed by atoms with E-state index in [2.05, 4.69) is 12.2 Å². The molecular formula is C19H19NO5. The van der Waals surface area contributed by atoms with Crippen LogP contribution in [0.4, 0.5) is 5.69 Å². The number of fused-ring (bicyclic) bond motifs is 1. The average Bonchev–Trinajstić information content (AvgIpc) is 2.66. The Balaban J connectivity index is 1.48. The molecule has 3 rings (SSSR count). The summed E-state index contributed by atoms with van der Waals surface area (Å²) < 4.78 is 16.0. The molecule has 0 aliphatic carbocycles. The minimum atomic E-state index is -0.883. The summed E-state index contributed by atoms with van der Waals surface area (Å²) in [6.45, 7) is 1.73. The Hall–Kier alpha value is -3.02. The number of carbonyl (C=O) groups excluding carboxylic acids is 2. The maximum absolute atomic E-state index is 12.0. The van der Waals surface area contributed by atoms with Crippen LogP contribution in [0.1, 0.15) is 12.5 Å². The molecule has 6 heteroatoms. The van der Waals surface area contributed by atoms with Crippen LogP contribution in [0.5, 0.6) is 11.5 Å². The third-order valence-corrected chi connectivity index (χ3v) is 3.76. The maximum Gasteiger partial charge on any atom is 0.351 e. The Morgan fingerprint density at radius 2 is 1.84 bits per heavy atom. The molecule has 0 spiro atoms.